The van der Waals surface area contributed by atoms with Crippen molar-refractivity contribution in [3.05, 3.63) is 34.2 Å². The Morgan fingerprint density at radius 3 is 2.09 bits per heavy atom. The summed E-state index contributed by atoms with van der Waals surface area (Å²) >= 11 is 0. The first kappa shape index (κ1) is 25.9. The smallest absolute Gasteiger partial charge is 0.348 e. The number of aromatic hydroxyl groups is 1. The van der Waals surface area contributed by atoms with Gasteiger partial charge in [0.25, 0.3) is 0 Å². The molecule has 0 unspecified atom stereocenters. The van der Waals surface area contributed by atoms with Crippen LogP contribution in [0, 0.1) is 0 Å². The van der Waals surface area contributed by atoms with Crippen molar-refractivity contribution >= 4 is 11.0 Å². The zero-order valence-electron chi connectivity index (χ0n) is 20.4. The van der Waals surface area contributed by atoms with Gasteiger partial charge in [-0.15, -0.1) is 0 Å². The number of ether oxygens (including phenoxy) is 8. The molecule has 1 N–H and O–H groups in total. The minimum absolute atomic E-state index is 0.00675. The van der Waals surface area contributed by atoms with Crippen molar-refractivity contribution in [3.8, 4) is 45.6 Å². The Balaban J connectivity index is 2.36. The van der Waals surface area contributed by atoms with E-state index in [1.807, 2.05) is 0 Å². The molecule has 0 radical (unpaired) electrons. The highest BCUT2D eigenvalue weighted by atomic mass is 16.7. The van der Waals surface area contributed by atoms with E-state index in [2.05, 4.69) is 0 Å². The molecule has 3 rings (SSSR count). The van der Waals surface area contributed by atoms with Crippen LogP contribution >= 0.6 is 0 Å². The molecule has 0 saturated carbocycles. The molecule has 11 nitrogen and oxygen atoms in total. The fraction of sp³-hybridized carbons (Fsp3) is 0.375. The highest BCUT2D eigenvalue weighted by molar-refractivity contribution is 5.98. The average Bonchev–Trinajstić information content (AvgIpc) is 2.86. The highest BCUT2D eigenvalue weighted by Gasteiger charge is 2.27. The largest absolute Gasteiger partial charge is 0.506 e. The normalized spacial score (nSPS) is 10.9. The van der Waals surface area contributed by atoms with E-state index in [1.54, 1.807) is 6.07 Å². The first-order valence-electron chi connectivity index (χ1n) is 10.3. The van der Waals surface area contributed by atoms with Crippen LogP contribution in [0.1, 0.15) is 5.56 Å². The summed E-state index contributed by atoms with van der Waals surface area (Å²) < 4.78 is 48.3. The van der Waals surface area contributed by atoms with E-state index >= 15 is 0 Å². The van der Waals surface area contributed by atoms with Crippen LogP contribution in [0.2, 0.25) is 0 Å². The zero-order chi connectivity index (χ0) is 25.5. The van der Waals surface area contributed by atoms with Gasteiger partial charge < -0.3 is 47.4 Å². The van der Waals surface area contributed by atoms with Crippen molar-refractivity contribution in [1.29, 1.82) is 0 Å². The lowest BCUT2D eigenvalue weighted by Gasteiger charge is -2.18. The van der Waals surface area contributed by atoms with E-state index in [9.17, 15) is 9.90 Å². The monoisotopic (exact) mass is 492 g/mol. The zero-order valence-corrected chi connectivity index (χ0v) is 20.4. The molecule has 35 heavy (non-hydrogen) atoms. The Morgan fingerprint density at radius 2 is 1.49 bits per heavy atom. The second kappa shape index (κ2) is 11.6. The number of rotatable bonds is 12. The van der Waals surface area contributed by atoms with Gasteiger partial charge in [0.05, 0.1) is 35.0 Å². The summed E-state index contributed by atoms with van der Waals surface area (Å²) in [5.41, 5.74) is -0.0977. The third kappa shape index (κ3) is 5.06. The summed E-state index contributed by atoms with van der Waals surface area (Å²) in [4.78, 5) is 13.2. The first-order chi connectivity index (χ1) is 16.9. The van der Waals surface area contributed by atoms with Crippen LogP contribution in [0.25, 0.3) is 22.1 Å². The van der Waals surface area contributed by atoms with Crippen molar-refractivity contribution < 1.29 is 47.4 Å². The Morgan fingerprint density at radius 1 is 0.800 bits per heavy atom. The predicted molar refractivity (Wildman–Crippen MR) is 125 cm³/mol. The number of benzene rings is 2. The van der Waals surface area contributed by atoms with Gasteiger partial charge >= 0.3 is 5.63 Å². The quantitative estimate of drug-likeness (QED) is 0.227. The van der Waals surface area contributed by atoms with Crippen LogP contribution < -0.4 is 29.3 Å². The third-order valence-corrected chi connectivity index (χ3v) is 5.12. The third-order valence-electron chi connectivity index (χ3n) is 5.12. The fourth-order valence-corrected chi connectivity index (χ4v) is 3.63. The van der Waals surface area contributed by atoms with E-state index in [0.29, 0.717) is 11.3 Å². The van der Waals surface area contributed by atoms with Gasteiger partial charge in [0, 0.05) is 25.8 Å². The molecular weight excluding hydrogens is 464 g/mol. The molecule has 0 saturated heterocycles. The van der Waals surface area contributed by atoms with E-state index < -0.39 is 5.63 Å². The molecule has 0 aliphatic rings. The fourth-order valence-electron chi connectivity index (χ4n) is 3.63. The molecule has 0 spiro atoms. The van der Waals surface area contributed by atoms with Crippen molar-refractivity contribution in [2.75, 3.05) is 56.2 Å². The van der Waals surface area contributed by atoms with Gasteiger partial charge in [0.2, 0.25) is 5.75 Å². The van der Waals surface area contributed by atoms with E-state index in [-0.39, 0.29) is 71.0 Å². The lowest BCUT2D eigenvalue weighted by molar-refractivity contribution is -0.0389. The van der Waals surface area contributed by atoms with Crippen LogP contribution in [-0.2, 0) is 20.8 Å². The van der Waals surface area contributed by atoms with Crippen molar-refractivity contribution in [3.63, 3.8) is 0 Å². The Bertz CT molecular complexity index is 1230. The van der Waals surface area contributed by atoms with Crippen LogP contribution in [0.4, 0.5) is 0 Å². The molecule has 1 heterocycles. The molecule has 3 aromatic rings. The van der Waals surface area contributed by atoms with Gasteiger partial charge in [0.1, 0.15) is 29.1 Å². The summed E-state index contributed by atoms with van der Waals surface area (Å²) in [6, 6.07) is 4.60. The maximum Gasteiger partial charge on any atom is 0.348 e. The SMILES string of the molecule is COCOCc1cc(OC)c(OCOC)cc1-c1c(O)c2c(OC)c(OC)c(OC)cc2oc1=O. The maximum atomic E-state index is 13.2. The van der Waals surface area contributed by atoms with Crippen molar-refractivity contribution in [2.45, 2.75) is 6.61 Å². The van der Waals surface area contributed by atoms with Gasteiger partial charge in [-0.3, -0.25) is 0 Å². The second-order valence-corrected chi connectivity index (χ2v) is 7.10. The molecule has 0 aliphatic heterocycles. The van der Waals surface area contributed by atoms with Gasteiger partial charge in [-0.1, -0.05) is 0 Å². The molecule has 1 aromatic heterocycles. The van der Waals surface area contributed by atoms with E-state index in [1.165, 1.54) is 54.8 Å². The van der Waals surface area contributed by atoms with Gasteiger partial charge in [-0.25, -0.2) is 4.79 Å². The van der Waals surface area contributed by atoms with E-state index in [0.717, 1.165) is 0 Å². The molecular formula is C24H28O11. The van der Waals surface area contributed by atoms with Crippen LogP contribution in [0.15, 0.2) is 27.4 Å². The summed E-state index contributed by atoms with van der Waals surface area (Å²) in [7, 11) is 8.69. The molecule has 0 bridgehead atoms. The lowest BCUT2D eigenvalue weighted by Crippen LogP contribution is -2.09. The highest BCUT2D eigenvalue weighted by Crippen LogP contribution is 2.49. The summed E-state index contributed by atoms with van der Waals surface area (Å²) in [5.74, 6) is 0.880. The minimum Gasteiger partial charge on any atom is -0.506 e. The maximum absolute atomic E-state index is 13.2. The number of methoxy groups -OCH3 is 6. The second-order valence-electron chi connectivity index (χ2n) is 7.10. The molecule has 11 heteroatoms. The predicted octanol–water partition coefficient (Wildman–Crippen LogP) is 3.30. The van der Waals surface area contributed by atoms with Crippen LogP contribution in [0.5, 0.6) is 34.5 Å². The Hall–Kier alpha value is -3.67. The number of fused-ring (bicyclic) bond motifs is 1. The minimum atomic E-state index is -0.805. The van der Waals surface area contributed by atoms with E-state index in [4.69, 9.17) is 42.3 Å². The summed E-state index contributed by atoms with van der Waals surface area (Å²) in [6.07, 6.45) is 0. The standard InChI is InChI=1S/C24H28O11/c1-27-11-33-10-13-7-15(29-3)16(34-12-28-2)8-14(13)19-21(25)20-17(35-24(19)26)9-18(30-4)22(31-5)23(20)32-6/h7-9,25H,10-12H2,1-6H3. The summed E-state index contributed by atoms with van der Waals surface area (Å²) in [6.45, 7) is -0.0324. The molecule has 0 atom stereocenters. The molecule has 190 valence electrons. The topological polar surface area (TPSA) is 124 Å². The summed E-state index contributed by atoms with van der Waals surface area (Å²) in [5, 5.41) is 11.5. The van der Waals surface area contributed by atoms with Gasteiger partial charge in [-0.2, -0.15) is 0 Å². The van der Waals surface area contributed by atoms with Gasteiger partial charge in [-0.05, 0) is 17.7 Å². The number of hydrogen-bond donors (Lipinski definition) is 1. The van der Waals surface area contributed by atoms with Crippen molar-refractivity contribution in [2.24, 2.45) is 0 Å². The first-order valence-corrected chi connectivity index (χ1v) is 10.3. The molecule has 0 amide bonds. The Kier molecular flexibility index (Phi) is 8.63. The molecule has 0 fully saturated rings. The number of hydrogen-bond acceptors (Lipinski definition) is 11. The average molecular weight is 492 g/mol. The van der Waals surface area contributed by atoms with Crippen LogP contribution in [0.3, 0.4) is 0 Å². The molecule has 0 aliphatic carbocycles. The lowest BCUT2D eigenvalue weighted by atomic mass is 9.98. The Labute approximate surface area is 201 Å². The van der Waals surface area contributed by atoms with Crippen LogP contribution in [-0.4, -0.2) is 61.4 Å². The molecule has 2 aromatic carbocycles. The van der Waals surface area contributed by atoms with Crippen molar-refractivity contribution in [1.82, 2.24) is 0 Å². The van der Waals surface area contributed by atoms with Gasteiger partial charge in [0.15, 0.2) is 29.8 Å².